The number of benzene rings is 1. The minimum Gasteiger partial charge on any atom is -0.325 e. The second-order valence-electron chi connectivity index (χ2n) is 4.72. The van der Waals surface area contributed by atoms with Crippen molar-refractivity contribution in [1.29, 1.82) is 5.26 Å². The molecule has 1 N–H and O–H groups in total. The van der Waals surface area contributed by atoms with Crippen molar-refractivity contribution in [1.82, 2.24) is 9.97 Å². The fourth-order valence-corrected chi connectivity index (χ4v) is 3.28. The molecule has 0 saturated heterocycles. The highest BCUT2D eigenvalue weighted by molar-refractivity contribution is 8.00. The van der Waals surface area contributed by atoms with Gasteiger partial charge in [-0.2, -0.15) is 5.26 Å². The van der Waals surface area contributed by atoms with Gasteiger partial charge in [-0.15, -0.1) is 11.8 Å². The Balaban J connectivity index is 2.03. The minimum atomic E-state index is -0.133. The Bertz CT molecular complexity index is 771. The molecule has 0 saturated carbocycles. The first-order valence-corrected chi connectivity index (χ1v) is 9.06. The van der Waals surface area contributed by atoms with Crippen molar-refractivity contribution in [3.05, 3.63) is 41.3 Å². The summed E-state index contributed by atoms with van der Waals surface area (Å²) in [7, 11) is 0. The molecule has 0 bridgehead atoms. The van der Waals surface area contributed by atoms with Gasteiger partial charge in [-0.3, -0.25) is 4.79 Å². The molecule has 0 spiro atoms. The Labute approximate surface area is 143 Å². The molecule has 2 aromatic rings. The van der Waals surface area contributed by atoms with Gasteiger partial charge in [0.25, 0.3) is 0 Å². The molecule has 5 nitrogen and oxygen atoms in total. The monoisotopic (exact) mass is 344 g/mol. The summed E-state index contributed by atoms with van der Waals surface area (Å²) in [6.45, 7) is 3.54. The maximum atomic E-state index is 12.1. The predicted octanol–water partition coefficient (Wildman–Crippen LogP) is 3.42. The third-order valence-electron chi connectivity index (χ3n) is 2.97. The third kappa shape index (κ3) is 4.71. The van der Waals surface area contributed by atoms with Crippen molar-refractivity contribution in [2.24, 2.45) is 0 Å². The van der Waals surface area contributed by atoms with E-state index in [9.17, 15) is 10.1 Å². The van der Waals surface area contributed by atoms with Crippen LogP contribution in [0.15, 0.2) is 34.2 Å². The maximum absolute atomic E-state index is 12.1. The van der Waals surface area contributed by atoms with Gasteiger partial charge in [0.1, 0.15) is 22.5 Å². The number of nitrogens with zero attached hydrogens (tertiary/aromatic N) is 3. The lowest BCUT2D eigenvalue weighted by Crippen LogP contribution is -2.14. The van der Waals surface area contributed by atoms with Gasteiger partial charge >= 0.3 is 0 Å². The van der Waals surface area contributed by atoms with E-state index in [1.807, 2.05) is 30.5 Å². The highest BCUT2D eigenvalue weighted by Crippen LogP contribution is 2.23. The number of hydrogen-bond donors (Lipinski definition) is 1. The van der Waals surface area contributed by atoms with Gasteiger partial charge in [0.2, 0.25) is 5.91 Å². The molecule has 1 aromatic heterocycles. The van der Waals surface area contributed by atoms with Crippen LogP contribution < -0.4 is 5.32 Å². The van der Waals surface area contributed by atoms with E-state index >= 15 is 0 Å². The van der Waals surface area contributed by atoms with Crippen LogP contribution in [-0.2, 0) is 4.79 Å². The van der Waals surface area contributed by atoms with E-state index in [4.69, 9.17) is 0 Å². The normalized spacial score (nSPS) is 10.2. The van der Waals surface area contributed by atoms with Gasteiger partial charge < -0.3 is 5.32 Å². The van der Waals surface area contributed by atoms with E-state index in [1.165, 1.54) is 11.8 Å². The lowest BCUT2D eigenvalue weighted by atomic mass is 10.3. The second kappa shape index (κ2) is 7.99. The molecule has 23 heavy (non-hydrogen) atoms. The maximum Gasteiger partial charge on any atom is 0.234 e. The number of thioether (sulfide) groups is 2. The Morgan fingerprint density at radius 1 is 1.35 bits per heavy atom. The van der Waals surface area contributed by atoms with Crippen molar-refractivity contribution >= 4 is 35.1 Å². The zero-order valence-corrected chi connectivity index (χ0v) is 14.7. The molecule has 0 aliphatic heterocycles. The van der Waals surface area contributed by atoms with Crippen LogP contribution in [0.5, 0.6) is 0 Å². The number of carbonyl (C=O) groups is 1. The third-order valence-corrected chi connectivity index (χ3v) is 4.67. The largest absolute Gasteiger partial charge is 0.325 e. The summed E-state index contributed by atoms with van der Waals surface area (Å²) in [5, 5.41) is 12.6. The second-order valence-corrected chi connectivity index (χ2v) is 6.56. The van der Waals surface area contributed by atoms with Crippen molar-refractivity contribution in [3.8, 4) is 6.07 Å². The minimum absolute atomic E-state index is 0.133. The molecule has 0 radical (unpaired) electrons. The lowest BCUT2D eigenvalue weighted by molar-refractivity contribution is -0.113. The fraction of sp³-hybridized carbons (Fsp3) is 0.250. The molecule has 2 rings (SSSR count). The SMILES string of the molecule is CSc1cccc(NC(=O)CSc2nc(C)nc(C)c2C#N)c1. The number of hydrogen-bond acceptors (Lipinski definition) is 6. The summed E-state index contributed by atoms with van der Waals surface area (Å²) in [6, 6.07) is 9.76. The van der Waals surface area contributed by atoms with Gasteiger partial charge in [-0.25, -0.2) is 9.97 Å². The van der Waals surface area contributed by atoms with Crippen LogP contribution in [0, 0.1) is 25.2 Å². The number of rotatable bonds is 5. The average molecular weight is 344 g/mol. The van der Waals surface area contributed by atoms with Crippen LogP contribution >= 0.6 is 23.5 Å². The fourth-order valence-electron chi connectivity index (χ4n) is 1.95. The van der Waals surface area contributed by atoms with Gasteiger partial charge in [-0.1, -0.05) is 17.8 Å². The topological polar surface area (TPSA) is 78.7 Å². The van der Waals surface area contributed by atoms with Crippen molar-refractivity contribution < 1.29 is 4.79 Å². The molecule has 7 heteroatoms. The zero-order chi connectivity index (χ0) is 16.8. The Morgan fingerprint density at radius 3 is 2.83 bits per heavy atom. The lowest BCUT2D eigenvalue weighted by Gasteiger charge is -2.08. The van der Waals surface area contributed by atoms with Gasteiger partial charge in [0.15, 0.2) is 0 Å². The van der Waals surface area contributed by atoms with Gasteiger partial charge in [-0.05, 0) is 38.3 Å². The number of anilines is 1. The molecule has 0 unspecified atom stereocenters. The molecule has 0 atom stereocenters. The summed E-state index contributed by atoms with van der Waals surface area (Å²) in [4.78, 5) is 21.6. The van der Waals surface area contributed by atoms with Gasteiger partial charge in [0, 0.05) is 10.6 Å². The summed E-state index contributed by atoms with van der Waals surface area (Å²) >= 11 is 2.87. The van der Waals surface area contributed by atoms with Crippen molar-refractivity contribution in [2.75, 3.05) is 17.3 Å². The summed E-state index contributed by atoms with van der Waals surface area (Å²) in [5.74, 6) is 0.650. The van der Waals surface area contributed by atoms with Crippen LogP contribution in [0.2, 0.25) is 0 Å². The summed E-state index contributed by atoms with van der Waals surface area (Å²) < 4.78 is 0. The van der Waals surface area contributed by atoms with Gasteiger partial charge in [0.05, 0.1) is 11.4 Å². The molecular weight excluding hydrogens is 328 g/mol. The zero-order valence-electron chi connectivity index (χ0n) is 13.1. The van der Waals surface area contributed by atoms with Crippen molar-refractivity contribution in [2.45, 2.75) is 23.8 Å². The number of nitrogens with one attached hydrogen (secondary N) is 1. The van der Waals surface area contributed by atoms with Crippen LogP contribution in [0.1, 0.15) is 17.1 Å². The van der Waals surface area contributed by atoms with Crippen molar-refractivity contribution in [3.63, 3.8) is 0 Å². The highest BCUT2D eigenvalue weighted by atomic mass is 32.2. The van der Waals surface area contributed by atoms with Crippen LogP contribution in [0.3, 0.4) is 0 Å². The Hall–Kier alpha value is -2.04. The molecule has 1 aromatic carbocycles. The predicted molar refractivity (Wildman–Crippen MR) is 93.8 cm³/mol. The molecule has 118 valence electrons. The Kier molecular flexibility index (Phi) is 6.02. The molecule has 1 heterocycles. The quantitative estimate of drug-likeness (QED) is 0.661. The first kappa shape index (κ1) is 17.3. The van der Waals surface area contributed by atoms with E-state index in [0.717, 1.165) is 10.6 Å². The van der Waals surface area contributed by atoms with Crippen LogP contribution in [-0.4, -0.2) is 27.9 Å². The summed E-state index contributed by atoms with van der Waals surface area (Å²) in [6.07, 6.45) is 1.99. The molecule has 0 aliphatic carbocycles. The highest BCUT2D eigenvalue weighted by Gasteiger charge is 2.12. The Morgan fingerprint density at radius 2 is 2.13 bits per heavy atom. The smallest absolute Gasteiger partial charge is 0.234 e. The molecule has 0 aliphatic rings. The van der Waals surface area contributed by atoms with E-state index in [1.54, 1.807) is 25.6 Å². The first-order chi connectivity index (χ1) is 11.0. The number of carbonyl (C=O) groups excluding carboxylic acids is 1. The molecular formula is C16H16N4OS2. The average Bonchev–Trinajstić information content (AvgIpc) is 2.52. The molecule has 0 fully saturated rings. The van der Waals surface area contributed by atoms with E-state index in [0.29, 0.717) is 22.1 Å². The van der Waals surface area contributed by atoms with E-state index < -0.39 is 0 Å². The number of aryl methyl sites for hydroxylation is 2. The molecule has 1 amide bonds. The number of amides is 1. The standard InChI is InChI=1S/C16H16N4OS2/c1-10-14(8-17)16(19-11(2)18-10)23-9-15(21)20-12-5-4-6-13(7-12)22-3/h4-7H,9H2,1-3H3,(H,20,21). The number of aromatic nitrogens is 2. The summed E-state index contributed by atoms with van der Waals surface area (Å²) in [5.41, 5.74) is 1.83. The van der Waals surface area contributed by atoms with E-state index in [-0.39, 0.29) is 11.7 Å². The van der Waals surface area contributed by atoms with Crippen LogP contribution in [0.4, 0.5) is 5.69 Å². The first-order valence-electron chi connectivity index (χ1n) is 6.85. The van der Waals surface area contributed by atoms with Crippen LogP contribution in [0.25, 0.3) is 0 Å². The van der Waals surface area contributed by atoms with E-state index in [2.05, 4.69) is 21.4 Å². The number of nitriles is 1.